The summed E-state index contributed by atoms with van der Waals surface area (Å²) in [5.41, 5.74) is 5.89. The fraction of sp³-hybridized carbons (Fsp3) is 0.133. The molecule has 0 atom stereocenters. The molecule has 0 spiro atoms. The summed E-state index contributed by atoms with van der Waals surface area (Å²) in [5.74, 6) is -0.921. The number of hydrogen-bond donors (Lipinski definition) is 2. The molecular weight excluding hydrogens is 305 g/mol. The number of nitrogens with zero attached hydrogens (tertiary/aromatic N) is 1. The molecule has 0 bridgehead atoms. The number of aryl methyl sites for hydroxylation is 1. The molecule has 2 N–H and O–H groups in total. The third-order valence-electron chi connectivity index (χ3n) is 2.69. The van der Waals surface area contributed by atoms with Crippen LogP contribution in [0.25, 0.3) is 6.08 Å². The zero-order valence-corrected chi connectivity index (χ0v) is 12.8. The fourth-order valence-electron chi connectivity index (χ4n) is 1.67. The SMILES string of the molecule is CC(=O)NNc1nc(C)c(C(=O)C=Cc2ccccc2F)s1. The lowest BCUT2D eigenvalue weighted by atomic mass is 10.1. The van der Waals surface area contributed by atoms with Crippen LogP contribution in [0.15, 0.2) is 30.3 Å². The van der Waals surface area contributed by atoms with Gasteiger partial charge in [0.05, 0.1) is 10.6 Å². The standard InChI is InChI=1S/C15H14FN3O2S/c1-9-14(22-15(17-9)19-18-10(2)20)13(21)8-7-11-5-3-4-6-12(11)16/h3-8H,1-2H3,(H,17,19)(H,18,20). The van der Waals surface area contributed by atoms with Crippen molar-refractivity contribution in [2.45, 2.75) is 13.8 Å². The molecule has 114 valence electrons. The lowest BCUT2D eigenvalue weighted by Gasteiger charge is -1.99. The van der Waals surface area contributed by atoms with Crippen molar-refractivity contribution in [2.75, 3.05) is 5.43 Å². The van der Waals surface area contributed by atoms with Crippen LogP contribution in [0.5, 0.6) is 0 Å². The van der Waals surface area contributed by atoms with E-state index in [1.54, 1.807) is 25.1 Å². The molecule has 2 rings (SSSR count). The zero-order chi connectivity index (χ0) is 16.1. The van der Waals surface area contributed by atoms with E-state index in [1.807, 2.05) is 0 Å². The number of rotatable bonds is 5. The largest absolute Gasteiger partial charge is 0.288 e. The van der Waals surface area contributed by atoms with Crippen LogP contribution in [0.2, 0.25) is 0 Å². The van der Waals surface area contributed by atoms with Crippen molar-refractivity contribution in [1.82, 2.24) is 10.4 Å². The second-order valence-corrected chi connectivity index (χ2v) is 5.46. The van der Waals surface area contributed by atoms with Gasteiger partial charge in [0.25, 0.3) is 0 Å². The highest BCUT2D eigenvalue weighted by Crippen LogP contribution is 2.23. The van der Waals surface area contributed by atoms with Crippen LogP contribution in [0.1, 0.15) is 27.9 Å². The third kappa shape index (κ3) is 3.98. The van der Waals surface area contributed by atoms with Crippen molar-refractivity contribution in [2.24, 2.45) is 0 Å². The normalized spacial score (nSPS) is 10.7. The molecule has 0 radical (unpaired) electrons. The van der Waals surface area contributed by atoms with Gasteiger partial charge in [0, 0.05) is 12.5 Å². The Morgan fingerprint density at radius 2 is 2.05 bits per heavy atom. The van der Waals surface area contributed by atoms with Gasteiger partial charge in [-0.25, -0.2) is 9.37 Å². The van der Waals surface area contributed by atoms with E-state index in [1.165, 1.54) is 25.1 Å². The molecule has 1 aromatic carbocycles. The number of ketones is 1. The van der Waals surface area contributed by atoms with Crippen LogP contribution in [-0.2, 0) is 4.79 Å². The first-order chi connectivity index (χ1) is 10.5. The molecule has 0 saturated carbocycles. The molecule has 7 heteroatoms. The fourth-order valence-corrected chi connectivity index (χ4v) is 2.51. The summed E-state index contributed by atoms with van der Waals surface area (Å²) < 4.78 is 13.5. The van der Waals surface area contributed by atoms with Crippen molar-refractivity contribution in [3.63, 3.8) is 0 Å². The number of nitrogens with one attached hydrogen (secondary N) is 2. The van der Waals surface area contributed by atoms with Crippen LogP contribution in [0, 0.1) is 12.7 Å². The highest BCUT2D eigenvalue weighted by atomic mass is 32.1. The number of thiazole rings is 1. The van der Waals surface area contributed by atoms with E-state index in [2.05, 4.69) is 15.8 Å². The van der Waals surface area contributed by atoms with E-state index in [4.69, 9.17) is 0 Å². The number of benzene rings is 1. The van der Waals surface area contributed by atoms with E-state index in [0.717, 1.165) is 11.3 Å². The van der Waals surface area contributed by atoms with Gasteiger partial charge in [-0.1, -0.05) is 29.5 Å². The van der Waals surface area contributed by atoms with Gasteiger partial charge in [-0.05, 0) is 25.1 Å². The minimum atomic E-state index is -0.388. The van der Waals surface area contributed by atoms with E-state index in [9.17, 15) is 14.0 Å². The van der Waals surface area contributed by atoms with Crippen molar-refractivity contribution in [3.8, 4) is 0 Å². The smallest absolute Gasteiger partial charge is 0.235 e. The van der Waals surface area contributed by atoms with Crippen molar-refractivity contribution >= 4 is 34.2 Å². The van der Waals surface area contributed by atoms with E-state index < -0.39 is 0 Å². The Morgan fingerprint density at radius 3 is 2.73 bits per heavy atom. The first kappa shape index (κ1) is 15.8. The predicted octanol–water partition coefficient (Wildman–Crippen LogP) is 2.95. The Balaban J connectivity index is 2.13. The molecular formula is C15H14FN3O2S. The maximum atomic E-state index is 13.5. The molecule has 0 fully saturated rings. The molecule has 0 aliphatic rings. The number of halogens is 1. The van der Waals surface area contributed by atoms with Gasteiger partial charge in [-0.15, -0.1) is 0 Å². The van der Waals surface area contributed by atoms with E-state index in [0.29, 0.717) is 21.3 Å². The number of amides is 1. The monoisotopic (exact) mass is 319 g/mol. The van der Waals surface area contributed by atoms with Crippen LogP contribution in [0.3, 0.4) is 0 Å². The molecule has 0 aliphatic carbocycles. The Hall–Kier alpha value is -2.54. The number of aromatic nitrogens is 1. The predicted molar refractivity (Wildman–Crippen MR) is 84.1 cm³/mol. The highest BCUT2D eigenvalue weighted by molar-refractivity contribution is 7.17. The quantitative estimate of drug-likeness (QED) is 0.505. The number of carbonyl (C=O) groups is 2. The average molecular weight is 319 g/mol. The second kappa shape index (κ2) is 6.95. The molecule has 0 saturated heterocycles. The molecule has 0 unspecified atom stereocenters. The van der Waals surface area contributed by atoms with E-state index >= 15 is 0 Å². The Bertz CT molecular complexity index is 740. The summed E-state index contributed by atoms with van der Waals surface area (Å²) in [6.45, 7) is 3.05. The summed E-state index contributed by atoms with van der Waals surface area (Å²) in [4.78, 5) is 27.5. The van der Waals surface area contributed by atoms with Crippen molar-refractivity contribution in [3.05, 3.63) is 52.3 Å². The molecule has 2 aromatic rings. The van der Waals surface area contributed by atoms with Gasteiger partial charge in [0.2, 0.25) is 11.0 Å². The maximum Gasteiger partial charge on any atom is 0.235 e. The van der Waals surface area contributed by atoms with Crippen molar-refractivity contribution in [1.29, 1.82) is 0 Å². The lowest BCUT2D eigenvalue weighted by Crippen LogP contribution is -2.26. The summed E-state index contributed by atoms with van der Waals surface area (Å²) >= 11 is 1.12. The molecule has 22 heavy (non-hydrogen) atoms. The number of hydrogen-bond acceptors (Lipinski definition) is 5. The topological polar surface area (TPSA) is 71.1 Å². The third-order valence-corrected chi connectivity index (χ3v) is 3.77. The minimum Gasteiger partial charge on any atom is -0.288 e. The highest BCUT2D eigenvalue weighted by Gasteiger charge is 2.13. The first-order valence-corrected chi connectivity index (χ1v) is 7.26. The first-order valence-electron chi connectivity index (χ1n) is 6.44. The number of hydrazine groups is 1. The summed E-state index contributed by atoms with van der Waals surface area (Å²) in [5, 5.41) is 0.412. The molecule has 1 heterocycles. The minimum absolute atomic E-state index is 0.264. The second-order valence-electron chi connectivity index (χ2n) is 4.46. The number of anilines is 1. The Kier molecular flexibility index (Phi) is 5.00. The van der Waals surface area contributed by atoms with Crippen LogP contribution < -0.4 is 10.9 Å². The summed E-state index contributed by atoms with van der Waals surface area (Å²) in [6, 6.07) is 6.20. The molecule has 0 aliphatic heterocycles. The van der Waals surface area contributed by atoms with Gasteiger partial charge in [-0.3, -0.25) is 20.4 Å². The number of carbonyl (C=O) groups excluding carboxylic acids is 2. The van der Waals surface area contributed by atoms with Crippen molar-refractivity contribution < 1.29 is 14.0 Å². The number of allylic oxidation sites excluding steroid dienone is 1. The lowest BCUT2D eigenvalue weighted by molar-refractivity contribution is -0.118. The average Bonchev–Trinajstić information content (AvgIpc) is 2.85. The van der Waals surface area contributed by atoms with Gasteiger partial charge >= 0.3 is 0 Å². The van der Waals surface area contributed by atoms with Gasteiger partial charge in [0.1, 0.15) is 5.82 Å². The zero-order valence-electron chi connectivity index (χ0n) is 12.0. The summed E-state index contributed by atoms with van der Waals surface area (Å²) in [6.07, 6.45) is 2.73. The summed E-state index contributed by atoms with van der Waals surface area (Å²) in [7, 11) is 0. The van der Waals surface area contributed by atoms with Gasteiger partial charge < -0.3 is 0 Å². The Morgan fingerprint density at radius 1 is 1.32 bits per heavy atom. The van der Waals surface area contributed by atoms with E-state index in [-0.39, 0.29) is 17.5 Å². The van der Waals surface area contributed by atoms with Crippen LogP contribution >= 0.6 is 11.3 Å². The van der Waals surface area contributed by atoms with Gasteiger partial charge in [-0.2, -0.15) is 0 Å². The molecule has 5 nitrogen and oxygen atoms in total. The Labute approximate surface area is 130 Å². The van der Waals surface area contributed by atoms with Crippen LogP contribution in [0.4, 0.5) is 9.52 Å². The van der Waals surface area contributed by atoms with Crippen LogP contribution in [-0.4, -0.2) is 16.7 Å². The maximum absolute atomic E-state index is 13.5. The molecule has 1 amide bonds. The van der Waals surface area contributed by atoms with Gasteiger partial charge in [0.15, 0.2) is 5.78 Å². The molecule has 1 aromatic heterocycles.